The molecule has 1 fully saturated rings. The number of hydrogen-bond acceptors (Lipinski definition) is 2. The van der Waals surface area contributed by atoms with Crippen LogP contribution in [0.15, 0.2) is 0 Å². The van der Waals surface area contributed by atoms with Crippen molar-refractivity contribution in [3.8, 4) is 0 Å². The second kappa shape index (κ2) is 5.35. The Morgan fingerprint density at radius 2 is 2.14 bits per heavy atom. The molecule has 14 heavy (non-hydrogen) atoms. The van der Waals surface area contributed by atoms with E-state index in [2.05, 4.69) is 12.2 Å². The minimum absolute atomic E-state index is 0.0197. The minimum atomic E-state index is -0.330. The molecule has 3 heteroatoms. The molecule has 1 aliphatic carbocycles. The van der Waals surface area contributed by atoms with Gasteiger partial charge >= 0.3 is 0 Å². The number of nitrogens with two attached hydrogens (primary N) is 1. The van der Waals surface area contributed by atoms with Crippen LogP contribution < -0.4 is 11.1 Å². The van der Waals surface area contributed by atoms with E-state index in [1.807, 2.05) is 6.92 Å². The van der Waals surface area contributed by atoms with Crippen molar-refractivity contribution in [3.63, 3.8) is 0 Å². The molecule has 82 valence electrons. The van der Waals surface area contributed by atoms with Crippen LogP contribution in [-0.2, 0) is 4.79 Å². The van der Waals surface area contributed by atoms with Crippen molar-refractivity contribution in [1.29, 1.82) is 0 Å². The first-order chi connectivity index (χ1) is 6.65. The predicted molar refractivity (Wildman–Crippen MR) is 57.8 cm³/mol. The van der Waals surface area contributed by atoms with Gasteiger partial charge in [-0.05, 0) is 25.2 Å². The van der Waals surface area contributed by atoms with E-state index in [0.717, 1.165) is 6.42 Å². The lowest BCUT2D eigenvalue weighted by Crippen LogP contribution is -2.48. The van der Waals surface area contributed by atoms with Gasteiger partial charge in [-0.3, -0.25) is 4.79 Å². The van der Waals surface area contributed by atoms with Crippen LogP contribution in [-0.4, -0.2) is 18.0 Å². The molecule has 0 saturated heterocycles. The third kappa shape index (κ3) is 2.98. The number of carbonyl (C=O) groups is 1. The first-order valence-corrected chi connectivity index (χ1v) is 5.71. The number of rotatable bonds is 3. The summed E-state index contributed by atoms with van der Waals surface area (Å²) in [6.07, 6.45) is 5.59. The lowest BCUT2D eigenvalue weighted by Gasteiger charge is -2.30. The maximum absolute atomic E-state index is 11.6. The van der Waals surface area contributed by atoms with Crippen LogP contribution in [0.25, 0.3) is 0 Å². The SMILES string of the molecule is CC[C@@H](N)C(=O)NC1CCCCC1C. The number of carbonyl (C=O) groups excluding carboxylic acids is 1. The first-order valence-electron chi connectivity index (χ1n) is 5.71. The highest BCUT2D eigenvalue weighted by Gasteiger charge is 2.24. The number of hydrogen-bond donors (Lipinski definition) is 2. The van der Waals surface area contributed by atoms with Gasteiger partial charge in [-0.25, -0.2) is 0 Å². The summed E-state index contributed by atoms with van der Waals surface area (Å²) < 4.78 is 0. The molecule has 0 aliphatic heterocycles. The Hall–Kier alpha value is -0.570. The van der Waals surface area contributed by atoms with E-state index in [9.17, 15) is 4.79 Å². The van der Waals surface area contributed by atoms with Crippen molar-refractivity contribution in [2.75, 3.05) is 0 Å². The zero-order valence-electron chi connectivity index (χ0n) is 9.25. The molecule has 1 aliphatic rings. The quantitative estimate of drug-likeness (QED) is 0.720. The normalized spacial score (nSPS) is 29.6. The highest BCUT2D eigenvalue weighted by molar-refractivity contribution is 5.81. The van der Waals surface area contributed by atoms with Crippen LogP contribution in [0.1, 0.15) is 46.0 Å². The molecule has 3 nitrogen and oxygen atoms in total. The van der Waals surface area contributed by atoms with Gasteiger partial charge in [0.1, 0.15) is 0 Å². The lowest BCUT2D eigenvalue weighted by molar-refractivity contribution is -0.123. The van der Waals surface area contributed by atoms with Crippen molar-refractivity contribution < 1.29 is 4.79 Å². The van der Waals surface area contributed by atoms with E-state index in [1.165, 1.54) is 19.3 Å². The Bertz CT molecular complexity index is 194. The Labute approximate surface area is 86.4 Å². The number of nitrogens with one attached hydrogen (secondary N) is 1. The van der Waals surface area contributed by atoms with E-state index in [1.54, 1.807) is 0 Å². The molecule has 0 spiro atoms. The zero-order chi connectivity index (χ0) is 10.6. The Kier molecular flexibility index (Phi) is 4.39. The maximum Gasteiger partial charge on any atom is 0.237 e. The minimum Gasteiger partial charge on any atom is -0.352 e. The standard InChI is InChI=1S/C11H22N2O/c1-3-9(12)11(14)13-10-7-5-4-6-8(10)2/h8-10H,3-7,12H2,1-2H3,(H,13,14)/t8?,9-,10?/m1/s1. The molecule has 0 aromatic carbocycles. The molecule has 3 N–H and O–H groups in total. The topological polar surface area (TPSA) is 55.1 Å². The van der Waals surface area contributed by atoms with Crippen LogP contribution in [0.4, 0.5) is 0 Å². The van der Waals surface area contributed by atoms with Gasteiger partial charge in [0.2, 0.25) is 5.91 Å². The summed E-state index contributed by atoms with van der Waals surface area (Å²) in [4.78, 5) is 11.6. The summed E-state index contributed by atoms with van der Waals surface area (Å²) in [5, 5.41) is 3.06. The van der Waals surface area contributed by atoms with E-state index in [0.29, 0.717) is 18.4 Å². The average molecular weight is 198 g/mol. The fourth-order valence-electron chi connectivity index (χ4n) is 2.01. The van der Waals surface area contributed by atoms with Crippen molar-refractivity contribution >= 4 is 5.91 Å². The first kappa shape index (κ1) is 11.5. The van der Waals surface area contributed by atoms with E-state index < -0.39 is 0 Å². The van der Waals surface area contributed by atoms with Crippen LogP contribution in [0.3, 0.4) is 0 Å². The highest BCUT2D eigenvalue weighted by Crippen LogP contribution is 2.23. The average Bonchev–Trinajstić information content (AvgIpc) is 2.20. The third-order valence-electron chi connectivity index (χ3n) is 3.22. The Morgan fingerprint density at radius 1 is 1.50 bits per heavy atom. The summed E-state index contributed by atoms with van der Waals surface area (Å²) in [6.45, 7) is 4.15. The van der Waals surface area contributed by atoms with Crippen LogP contribution in [0.2, 0.25) is 0 Å². The van der Waals surface area contributed by atoms with Crippen molar-refractivity contribution in [2.45, 2.75) is 58.0 Å². The van der Waals surface area contributed by atoms with Gasteiger partial charge < -0.3 is 11.1 Å². The van der Waals surface area contributed by atoms with E-state index in [4.69, 9.17) is 5.73 Å². The van der Waals surface area contributed by atoms with Gasteiger partial charge in [-0.15, -0.1) is 0 Å². The van der Waals surface area contributed by atoms with Crippen LogP contribution in [0.5, 0.6) is 0 Å². The second-order valence-electron chi connectivity index (χ2n) is 4.39. The molecule has 1 rings (SSSR count). The van der Waals surface area contributed by atoms with Crippen LogP contribution in [0, 0.1) is 5.92 Å². The van der Waals surface area contributed by atoms with Crippen molar-refractivity contribution in [2.24, 2.45) is 11.7 Å². The summed E-state index contributed by atoms with van der Waals surface area (Å²) >= 11 is 0. The molecule has 0 bridgehead atoms. The molecule has 1 amide bonds. The fourth-order valence-corrected chi connectivity index (χ4v) is 2.01. The summed E-state index contributed by atoms with van der Waals surface area (Å²) in [5.74, 6) is 0.628. The van der Waals surface area contributed by atoms with Gasteiger partial charge in [0.05, 0.1) is 6.04 Å². The smallest absolute Gasteiger partial charge is 0.237 e. The molecule has 0 aromatic heterocycles. The molecule has 2 unspecified atom stereocenters. The molecule has 0 aromatic rings. The van der Waals surface area contributed by atoms with Crippen LogP contribution >= 0.6 is 0 Å². The fraction of sp³-hybridized carbons (Fsp3) is 0.909. The number of amides is 1. The zero-order valence-corrected chi connectivity index (χ0v) is 9.25. The maximum atomic E-state index is 11.6. The van der Waals surface area contributed by atoms with Crippen molar-refractivity contribution in [1.82, 2.24) is 5.32 Å². The predicted octanol–water partition coefficient (Wildman–Crippen LogP) is 1.42. The van der Waals surface area contributed by atoms with Gasteiger partial charge in [0, 0.05) is 6.04 Å². The molecular weight excluding hydrogens is 176 g/mol. The Morgan fingerprint density at radius 3 is 2.71 bits per heavy atom. The molecular formula is C11H22N2O. The molecule has 0 heterocycles. The Balaban J connectivity index is 2.38. The molecule has 3 atom stereocenters. The molecule has 1 saturated carbocycles. The summed E-state index contributed by atoms with van der Waals surface area (Å²) in [5.41, 5.74) is 5.67. The lowest BCUT2D eigenvalue weighted by atomic mass is 9.86. The van der Waals surface area contributed by atoms with Crippen molar-refractivity contribution in [3.05, 3.63) is 0 Å². The van der Waals surface area contributed by atoms with Gasteiger partial charge in [-0.2, -0.15) is 0 Å². The van der Waals surface area contributed by atoms with Gasteiger partial charge in [0.25, 0.3) is 0 Å². The van der Waals surface area contributed by atoms with E-state index in [-0.39, 0.29) is 11.9 Å². The largest absolute Gasteiger partial charge is 0.352 e. The third-order valence-corrected chi connectivity index (χ3v) is 3.22. The second-order valence-corrected chi connectivity index (χ2v) is 4.39. The van der Waals surface area contributed by atoms with Gasteiger partial charge in [0.15, 0.2) is 0 Å². The monoisotopic (exact) mass is 198 g/mol. The van der Waals surface area contributed by atoms with E-state index >= 15 is 0 Å². The summed E-state index contributed by atoms with van der Waals surface area (Å²) in [7, 11) is 0. The summed E-state index contributed by atoms with van der Waals surface area (Å²) in [6, 6.07) is 0.0259. The van der Waals surface area contributed by atoms with Gasteiger partial charge in [-0.1, -0.05) is 26.7 Å². The molecule has 0 radical (unpaired) electrons. The highest BCUT2D eigenvalue weighted by atomic mass is 16.2.